The van der Waals surface area contributed by atoms with E-state index in [1.807, 2.05) is 42.5 Å². The molecule has 210 valence electrons. The highest BCUT2D eigenvalue weighted by Crippen LogP contribution is 2.45. The fourth-order valence-electron chi connectivity index (χ4n) is 4.91. The number of Topliss-reactive ketones (excluding diaryl/α,β-unsaturated/α-hetero) is 1. The first-order valence-corrected chi connectivity index (χ1v) is 14.5. The van der Waals surface area contributed by atoms with Crippen LogP contribution >= 0.6 is 23.1 Å². The lowest BCUT2D eigenvalue weighted by Gasteiger charge is -2.22. The van der Waals surface area contributed by atoms with E-state index < -0.39 is 40.7 Å². The molecule has 0 unspecified atom stereocenters. The Balaban J connectivity index is 1.38. The number of ketones is 1. The van der Waals surface area contributed by atoms with Crippen LogP contribution in [0, 0.1) is 11.6 Å². The van der Waals surface area contributed by atoms with Gasteiger partial charge in [-0.25, -0.2) is 8.78 Å². The van der Waals surface area contributed by atoms with E-state index in [1.54, 1.807) is 6.07 Å². The average Bonchev–Trinajstić information content (AvgIpc) is 3.57. The van der Waals surface area contributed by atoms with E-state index in [2.05, 4.69) is 10.2 Å². The normalized spacial score (nSPS) is 16.4. The number of rotatable bonds is 7. The number of hydrogen-bond acceptors (Lipinski definition) is 8. The van der Waals surface area contributed by atoms with Gasteiger partial charge in [0.1, 0.15) is 17.6 Å². The molecule has 0 aliphatic carbocycles. The second-order valence-electron chi connectivity index (χ2n) is 9.32. The smallest absolute Gasteiger partial charge is 0.301 e. The van der Waals surface area contributed by atoms with E-state index in [4.69, 9.17) is 4.74 Å². The molecule has 6 rings (SSSR count). The van der Waals surface area contributed by atoms with Crippen molar-refractivity contribution in [3.8, 4) is 5.75 Å². The molecule has 7 nitrogen and oxygen atoms in total. The predicted octanol–water partition coefficient (Wildman–Crippen LogP) is 6.90. The van der Waals surface area contributed by atoms with E-state index in [9.17, 15) is 19.1 Å². The van der Waals surface area contributed by atoms with E-state index in [1.165, 1.54) is 49.2 Å². The van der Waals surface area contributed by atoms with Gasteiger partial charge in [-0.15, -0.1) is 10.2 Å². The third-order valence-electron chi connectivity index (χ3n) is 6.90. The van der Waals surface area contributed by atoms with Crippen LogP contribution in [0.1, 0.15) is 22.7 Å². The molecule has 2 heterocycles. The quantitative estimate of drug-likeness (QED) is 0.0714. The van der Waals surface area contributed by atoms with Crippen molar-refractivity contribution in [2.75, 3.05) is 12.0 Å². The molecule has 0 saturated carbocycles. The Morgan fingerprint density at radius 1 is 0.976 bits per heavy atom. The maximum atomic E-state index is 15.2. The summed E-state index contributed by atoms with van der Waals surface area (Å²) in [5.41, 5.74) is 0.590. The number of halogens is 2. The Labute approximate surface area is 247 Å². The van der Waals surface area contributed by atoms with Crippen molar-refractivity contribution < 1.29 is 28.2 Å². The largest absolute Gasteiger partial charge is 0.507 e. The number of amides is 1. The van der Waals surface area contributed by atoms with Crippen LogP contribution in [0.15, 0.2) is 94.8 Å². The molecule has 11 heteroatoms. The van der Waals surface area contributed by atoms with Gasteiger partial charge in [-0.3, -0.25) is 14.5 Å². The molecule has 1 aromatic heterocycles. The standard InChI is InChI=1S/C31H21F2N3O4S2/c1-40-24-14-13-18(15-23(24)33)27(37)25-26(21-11-4-5-12-22(21)32)36(29(39)28(25)38)30-34-35-31(42-30)41-16-19-9-6-8-17-7-2-3-10-20(17)19/h2-15,26,37H,16H2,1H3/t26-/m0/s1. The third kappa shape index (κ3) is 4.90. The van der Waals surface area contributed by atoms with Gasteiger partial charge in [-0.1, -0.05) is 83.8 Å². The van der Waals surface area contributed by atoms with E-state index in [0.717, 1.165) is 38.6 Å². The van der Waals surface area contributed by atoms with Crippen LogP contribution in [0.4, 0.5) is 13.9 Å². The number of thioether (sulfide) groups is 1. The van der Waals surface area contributed by atoms with Gasteiger partial charge < -0.3 is 9.84 Å². The van der Waals surface area contributed by atoms with E-state index >= 15 is 4.39 Å². The summed E-state index contributed by atoms with van der Waals surface area (Å²) < 4.78 is 35.1. The fraction of sp³-hybridized carbons (Fsp3) is 0.0968. The molecule has 5 aromatic rings. The monoisotopic (exact) mass is 601 g/mol. The van der Waals surface area contributed by atoms with Gasteiger partial charge in [-0.05, 0) is 40.6 Å². The number of anilines is 1. The predicted molar refractivity (Wildman–Crippen MR) is 158 cm³/mol. The Morgan fingerprint density at radius 3 is 2.52 bits per heavy atom. The van der Waals surface area contributed by atoms with Gasteiger partial charge in [0.15, 0.2) is 15.9 Å². The van der Waals surface area contributed by atoms with Gasteiger partial charge in [0.25, 0.3) is 5.78 Å². The summed E-state index contributed by atoms with van der Waals surface area (Å²) in [6, 6.07) is 21.9. The molecule has 1 aliphatic rings. The van der Waals surface area contributed by atoms with Crippen LogP contribution in [0.2, 0.25) is 0 Å². The molecular formula is C31H21F2N3O4S2. The highest BCUT2D eigenvalue weighted by Gasteiger charge is 2.49. The molecule has 1 saturated heterocycles. The molecule has 1 N–H and O–H groups in total. The molecule has 1 fully saturated rings. The summed E-state index contributed by atoms with van der Waals surface area (Å²) in [6.07, 6.45) is 0. The van der Waals surface area contributed by atoms with Crippen LogP contribution < -0.4 is 9.64 Å². The highest BCUT2D eigenvalue weighted by molar-refractivity contribution is 8.00. The molecule has 4 aromatic carbocycles. The summed E-state index contributed by atoms with van der Waals surface area (Å²) in [6.45, 7) is 0. The molecular weight excluding hydrogens is 580 g/mol. The minimum atomic E-state index is -1.36. The SMILES string of the molecule is COc1ccc(C(O)=C2C(=O)C(=O)N(c3nnc(SCc4cccc5ccccc45)s3)[C@H]2c2ccccc2F)cc1F. The summed E-state index contributed by atoms with van der Waals surface area (Å²) in [5, 5.41) is 21.9. The van der Waals surface area contributed by atoms with Crippen molar-refractivity contribution in [3.05, 3.63) is 119 Å². The third-order valence-corrected chi connectivity index (χ3v) is 9.01. The minimum absolute atomic E-state index is 0.0348. The van der Waals surface area contributed by atoms with Crippen molar-refractivity contribution in [1.82, 2.24) is 10.2 Å². The Bertz CT molecular complexity index is 1890. The molecule has 0 spiro atoms. The fourth-order valence-corrected chi connectivity index (χ4v) is 6.78. The molecule has 1 aliphatic heterocycles. The number of carbonyl (C=O) groups excluding carboxylic acids is 2. The topological polar surface area (TPSA) is 92.6 Å². The molecule has 1 amide bonds. The zero-order valence-corrected chi connectivity index (χ0v) is 23.6. The first-order valence-electron chi connectivity index (χ1n) is 12.7. The number of hydrogen-bond donors (Lipinski definition) is 1. The summed E-state index contributed by atoms with van der Waals surface area (Å²) >= 11 is 2.48. The summed E-state index contributed by atoms with van der Waals surface area (Å²) in [4.78, 5) is 27.8. The Morgan fingerprint density at radius 2 is 1.74 bits per heavy atom. The van der Waals surface area contributed by atoms with Gasteiger partial charge in [0.05, 0.1) is 12.7 Å². The Kier molecular flexibility index (Phi) is 7.44. The van der Waals surface area contributed by atoms with Crippen molar-refractivity contribution in [3.63, 3.8) is 0 Å². The van der Waals surface area contributed by atoms with Crippen molar-refractivity contribution in [1.29, 1.82) is 0 Å². The number of benzene rings is 4. The van der Waals surface area contributed by atoms with Crippen LogP contribution in [0.3, 0.4) is 0 Å². The zero-order chi connectivity index (χ0) is 29.4. The molecule has 1 atom stereocenters. The minimum Gasteiger partial charge on any atom is -0.507 e. The average molecular weight is 602 g/mol. The van der Waals surface area contributed by atoms with E-state index in [0.29, 0.717) is 10.1 Å². The van der Waals surface area contributed by atoms with Crippen molar-refractivity contribution in [2.45, 2.75) is 16.1 Å². The second-order valence-corrected chi connectivity index (χ2v) is 11.5. The van der Waals surface area contributed by atoms with Crippen molar-refractivity contribution in [2.24, 2.45) is 0 Å². The first-order chi connectivity index (χ1) is 20.4. The molecule has 0 radical (unpaired) electrons. The highest BCUT2D eigenvalue weighted by atomic mass is 32.2. The molecule has 42 heavy (non-hydrogen) atoms. The van der Waals surface area contributed by atoms with Gasteiger partial charge in [0, 0.05) is 16.9 Å². The second kappa shape index (κ2) is 11.3. The lowest BCUT2D eigenvalue weighted by Crippen LogP contribution is -2.29. The lowest BCUT2D eigenvalue weighted by atomic mass is 9.95. The van der Waals surface area contributed by atoms with Crippen molar-refractivity contribution >= 4 is 56.5 Å². The number of aliphatic hydroxyl groups is 1. The summed E-state index contributed by atoms with van der Waals surface area (Å²) in [7, 11) is 1.29. The number of nitrogens with zero attached hydrogens (tertiary/aromatic N) is 3. The number of fused-ring (bicyclic) bond motifs is 1. The first kappa shape index (κ1) is 27.6. The molecule has 0 bridgehead atoms. The van der Waals surface area contributed by atoms with Crippen LogP contribution in [0.5, 0.6) is 5.75 Å². The van der Waals surface area contributed by atoms with Gasteiger partial charge in [-0.2, -0.15) is 0 Å². The zero-order valence-electron chi connectivity index (χ0n) is 22.0. The maximum absolute atomic E-state index is 15.2. The van der Waals surface area contributed by atoms with Gasteiger partial charge in [0.2, 0.25) is 5.13 Å². The number of methoxy groups -OCH3 is 1. The Hall–Kier alpha value is -4.61. The number of carbonyl (C=O) groups is 2. The van der Waals surface area contributed by atoms with E-state index in [-0.39, 0.29) is 22.0 Å². The lowest BCUT2D eigenvalue weighted by molar-refractivity contribution is -0.132. The maximum Gasteiger partial charge on any atom is 0.301 e. The van der Waals surface area contributed by atoms with Crippen LogP contribution in [0.25, 0.3) is 16.5 Å². The van der Waals surface area contributed by atoms with Crippen LogP contribution in [-0.4, -0.2) is 34.1 Å². The summed E-state index contributed by atoms with van der Waals surface area (Å²) in [5.74, 6) is -3.70. The van der Waals surface area contributed by atoms with Crippen LogP contribution in [-0.2, 0) is 15.3 Å². The number of aliphatic hydroxyl groups excluding tert-OH is 1. The number of aromatic nitrogens is 2. The van der Waals surface area contributed by atoms with Gasteiger partial charge >= 0.3 is 5.91 Å². The number of ether oxygens (including phenoxy) is 1.